The van der Waals surface area contributed by atoms with Gasteiger partial charge in [0.25, 0.3) is 0 Å². The lowest BCUT2D eigenvalue weighted by Gasteiger charge is -2.33. The minimum absolute atomic E-state index is 0.184. The van der Waals surface area contributed by atoms with Crippen molar-refractivity contribution in [1.82, 2.24) is 0 Å². The molecule has 0 aliphatic heterocycles. The van der Waals surface area contributed by atoms with Gasteiger partial charge in [0.1, 0.15) is 5.25 Å². The maximum Gasteiger partial charge on any atom is 0.392 e. The fraction of sp³-hybridized carbons (Fsp3) is 0.929. The normalized spacial score (nSPS) is 16.1. The van der Waals surface area contributed by atoms with Crippen molar-refractivity contribution in [1.29, 1.82) is 0 Å². The molecule has 9 heteroatoms. The second-order valence-electron chi connectivity index (χ2n) is 6.29. The summed E-state index contributed by atoms with van der Waals surface area (Å²) < 4.78 is 80.1. The highest BCUT2D eigenvalue weighted by atomic mass is 32.2. The van der Waals surface area contributed by atoms with Crippen LogP contribution in [0, 0.1) is 11.3 Å². The summed E-state index contributed by atoms with van der Waals surface area (Å²) in [6.07, 6.45) is -10.4. The summed E-state index contributed by atoms with van der Waals surface area (Å²) in [5.74, 6) is -2.84. The molecule has 0 aromatic carbocycles. The van der Waals surface area contributed by atoms with Gasteiger partial charge in [0, 0.05) is 5.75 Å². The van der Waals surface area contributed by atoms with Gasteiger partial charge in [-0.15, -0.1) is 11.8 Å². The molecule has 0 aromatic heterocycles. The average molecular weight is 368 g/mol. The van der Waals surface area contributed by atoms with E-state index >= 15 is 0 Å². The van der Waals surface area contributed by atoms with Gasteiger partial charge >= 0.3 is 18.3 Å². The Morgan fingerprint density at radius 1 is 1.04 bits per heavy atom. The van der Waals surface area contributed by atoms with Crippen molar-refractivity contribution in [2.45, 2.75) is 57.6 Å². The molecule has 0 N–H and O–H groups in total. The number of methoxy groups -OCH3 is 1. The number of alkyl halides is 6. The maximum atomic E-state index is 13.1. The highest BCUT2D eigenvalue weighted by molar-refractivity contribution is 8.00. The SMILES string of the molecule is COC(=O)C(CCC(C(C)(C)C)C(F)(F)F)SCCC(F)(F)F. The Morgan fingerprint density at radius 3 is 1.91 bits per heavy atom. The third-order valence-electron chi connectivity index (χ3n) is 3.33. The van der Waals surface area contributed by atoms with E-state index in [2.05, 4.69) is 4.74 Å². The molecule has 138 valence electrons. The molecule has 0 aromatic rings. The predicted octanol–water partition coefficient (Wildman–Crippen LogP) is 5.22. The van der Waals surface area contributed by atoms with Gasteiger partial charge in [0.2, 0.25) is 0 Å². The Bertz CT molecular complexity index is 359. The van der Waals surface area contributed by atoms with E-state index in [0.717, 1.165) is 7.11 Å². The smallest absolute Gasteiger partial charge is 0.392 e. The van der Waals surface area contributed by atoms with E-state index < -0.39 is 47.1 Å². The second kappa shape index (κ2) is 8.48. The lowest BCUT2D eigenvalue weighted by molar-refractivity contribution is -0.202. The third kappa shape index (κ3) is 9.32. The van der Waals surface area contributed by atoms with Gasteiger partial charge in [-0.25, -0.2) is 0 Å². The number of rotatable bonds is 7. The van der Waals surface area contributed by atoms with Crippen LogP contribution in [0.3, 0.4) is 0 Å². The van der Waals surface area contributed by atoms with Gasteiger partial charge in [-0.2, -0.15) is 26.3 Å². The lowest BCUT2D eigenvalue weighted by Crippen LogP contribution is -2.35. The number of carbonyl (C=O) groups is 1. The maximum absolute atomic E-state index is 13.1. The molecular formula is C14H22F6O2S. The number of hydrogen-bond acceptors (Lipinski definition) is 3. The van der Waals surface area contributed by atoms with Crippen LogP contribution in [0.5, 0.6) is 0 Å². The number of halogens is 6. The average Bonchev–Trinajstić information content (AvgIpc) is 2.31. The summed E-state index contributed by atoms with van der Waals surface area (Å²) in [4.78, 5) is 11.6. The lowest BCUT2D eigenvalue weighted by atomic mass is 9.77. The molecule has 2 atom stereocenters. The molecule has 0 saturated carbocycles. The van der Waals surface area contributed by atoms with Crippen LogP contribution in [0.25, 0.3) is 0 Å². The molecule has 0 amide bonds. The largest absolute Gasteiger partial charge is 0.468 e. The van der Waals surface area contributed by atoms with Crippen molar-refractivity contribution < 1.29 is 35.9 Å². The monoisotopic (exact) mass is 368 g/mol. The summed E-state index contributed by atoms with van der Waals surface area (Å²) in [5.41, 5.74) is -1.06. The number of carbonyl (C=O) groups excluding carboxylic acids is 1. The highest BCUT2D eigenvalue weighted by Crippen LogP contribution is 2.43. The van der Waals surface area contributed by atoms with E-state index in [0.29, 0.717) is 11.8 Å². The van der Waals surface area contributed by atoms with Gasteiger partial charge < -0.3 is 4.74 Å². The van der Waals surface area contributed by atoms with Crippen molar-refractivity contribution in [3.05, 3.63) is 0 Å². The second-order valence-corrected chi connectivity index (χ2v) is 7.60. The van der Waals surface area contributed by atoms with Crippen LogP contribution >= 0.6 is 11.8 Å². The molecule has 0 saturated heterocycles. The minimum Gasteiger partial charge on any atom is -0.468 e. The molecule has 0 bridgehead atoms. The molecular weight excluding hydrogens is 346 g/mol. The number of esters is 1. The van der Waals surface area contributed by atoms with Crippen LogP contribution in [0.4, 0.5) is 26.3 Å². The fourth-order valence-corrected chi connectivity index (χ4v) is 3.29. The minimum atomic E-state index is -4.43. The first-order chi connectivity index (χ1) is 10.2. The van der Waals surface area contributed by atoms with E-state index in [1.54, 1.807) is 0 Å². The van der Waals surface area contributed by atoms with Crippen LogP contribution in [0.1, 0.15) is 40.0 Å². The van der Waals surface area contributed by atoms with E-state index in [1.807, 2.05) is 0 Å². The predicted molar refractivity (Wildman–Crippen MR) is 77.2 cm³/mol. The van der Waals surface area contributed by atoms with E-state index in [1.165, 1.54) is 20.8 Å². The van der Waals surface area contributed by atoms with Crippen molar-refractivity contribution in [2.75, 3.05) is 12.9 Å². The Balaban J connectivity index is 4.80. The van der Waals surface area contributed by atoms with E-state index in [4.69, 9.17) is 0 Å². The van der Waals surface area contributed by atoms with Gasteiger partial charge in [-0.1, -0.05) is 20.8 Å². The fourth-order valence-electron chi connectivity index (χ4n) is 2.12. The van der Waals surface area contributed by atoms with Crippen LogP contribution in [0.15, 0.2) is 0 Å². The molecule has 0 rings (SSSR count). The zero-order valence-electron chi connectivity index (χ0n) is 13.5. The van der Waals surface area contributed by atoms with E-state index in [9.17, 15) is 31.1 Å². The molecule has 0 fully saturated rings. The molecule has 23 heavy (non-hydrogen) atoms. The molecule has 0 aliphatic carbocycles. The number of thioether (sulfide) groups is 1. The van der Waals surface area contributed by atoms with Gasteiger partial charge in [0.15, 0.2) is 0 Å². The summed E-state index contributed by atoms with van der Waals surface area (Å²) in [7, 11) is 1.06. The van der Waals surface area contributed by atoms with E-state index in [-0.39, 0.29) is 12.8 Å². The molecule has 0 spiro atoms. The molecule has 0 aliphatic rings. The van der Waals surface area contributed by atoms with Crippen molar-refractivity contribution >= 4 is 17.7 Å². The van der Waals surface area contributed by atoms with Crippen LogP contribution in [0.2, 0.25) is 0 Å². The van der Waals surface area contributed by atoms with Crippen LogP contribution in [-0.2, 0) is 9.53 Å². The Labute approximate surface area is 136 Å². The van der Waals surface area contributed by atoms with Crippen molar-refractivity contribution in [2.24, 2.45) is 11.3 Å². The van der Waals surface area contributed by atoms with Crippen LogP contribution < -0.4 is 0 Å². The first-order valence-corrected chi connectivity index (χ1v) is 8.06. The Morgan fingerprint density at radius 2 is 1.57 bits per heavy atom. The Hall–Kier alpha value is -0.600. The van der Waals surface area contributed by atoms with Crippen molar-refractivity contribution in [3.8, 4) is 0 Å². The van der Waals surface area contributed by atoms with Crippen LogP contribution in [-0.4, -0.2) is 36.4 Å². The first kappa shape index (κ1) is 22.4. The molecule has 2 nitrogen and oxygen atoms in total. The Kier molecular flexibility index (Phi) is 8.26. The van der Waals surface area contributed by atoms with Gasteiger partial charge in [-0.3, -0.25) is 4.79 Å². The quantitative estimate of drug-likeness (QED) is 0.455. The summed E-state index contributed by atoms with van der Waals surface area (Å²) in [6.45, 7) is 4.32. The van der Waals surface area contributed by atoms with Crippen molar-refractivity contribution in [3.63, 3.8) is 0 Å². The van der Waals surface area contributed by atoms with Gasteiger partial charge in [-0.05, 0) is 18.3 Å². The molecule has 0 heterocycles. The molecule has 0 radical (unpaired) electrons. The highest BCUT2D eigenvalue weighted by Gasteiger charge is 2.46. The summed E-state index contributed by atoms with van der Waals surface area (Å²) in [6, 6.07) is 0. The van der Waals surface area contributed by atoms with Gasteiger partial charge in [0.05, 0.1) is 19.4 Å². The standard InChI is InChI=1S/C14H22F6O2S/c1-12(2,3)10(14(18,19)20)6-5-9(11(21)22-4)23-8-7-13(15,16)17/h9-10H,5-8H2,1-4H3. The zero-order chi connectivity index (χ0) is 18.5. The summed E-state index contributed by atoms with van der Waals surface area (Å²) >= 11 is 0.682. The number of ether oxygens (including phenoxy) is 1. The topological polar surface area (TPSA) is 26.3 Å². The summed E-state index contributed by atoms with van der Waals surface area (Å²) in [5, 5.41) is -1.03. The third-order valence-corrected chi connectivity index (χ3v) is 4.60. The number of hydrogen-bond donors (Lipinski definition) is 0. The molecule has 2 unspecified atom stereocenters. The first-order valence-electron chi connectivity index (χ1n) is 7.01. The zero-order valence-corrected chi connectivity index (χ0v) is 14.3.